The number of nitrogens with zero attached hydrogens (tertiary/aromatic N) is 1. The number of carbonyl (C=O) groups is 2. The summed E-state index contributed by atoms with van der Waals surface area (Å²) in [6.45, 7) is 0.440. The minimum Gasteiger partial charge on any atom is -0.355 e. The maximum Gasteiger partial charge on any atom is 0.253 e. The summed E-state index contributed by atoms with van der Waals surface area (Å²) in [4.78, 5) is 24.4. The minimum absolute atomic E-state index is 0.200. The van der Waals surface area contributed by atoms with Crippen LogP contribution in [0.15, 0.2) is 59.7 Å². The number of carbonyl (C=O) groups excluding carboxylic acids is 2. The van der Waals surface area contributed by atoms with Crippen molar-refractivity contribution in [2.75, 3.05) is 6.54 Å². The second kappa shape index (κ2) is 7.27. The summed E-state index contributed by atoms with van der Waals surface area (Å²) in [6.07, 6.45) is 1.46. The fourth-order valence-corrected chi connectivity index (χ4v) is 2.93. The van der Waals surface area contributed by atoms with Crippen molar-refractivity contribution >= 4 is 29.6 Å². The van der Waals surface area contributed by atoms with Crippen molar-refractivity contribution in [2.45, 2.75) is 5.92 Å². The van der Waals surface area contributed by atoms with Crippen LogP contribution in [0.3, 0.4) is 0 Å². The zero-order valence-electron chi connectivity index (χ0n) is 12.8. The van der Waals surface area contributed by atoms with Gasteiger partial charge in [-0.25, -0.2) is 5.43 Å². The lowest BCUT2D eigenvalue weighted by atomic mass is 9.88. The van der Waals surface area contributed by atoms with E-state index in [1.807, 2.05) is 42.5 Å². The highest BCUT2D eigenvalue weighted by Gasteiger charge is 2.40. The fraction of sp³-hybridized carbons (Fsp3) is 0.167. The molecule has 1 aliphatic heterocycles. The molecule has 0 aliphatic carbocycles. The molecule has 1 saturated heterocycles. The van der Waals surface area contributed by atoms with Gasteiger partial charge in [0.2, 0.25) is 5.91 Å². The highest BCUT2D eigenvalue weighted by Crippen LogP contribution is 2.28. The third-order valence-electron chi connectivity index (χ3n) is 3.97. The lowest BCUT2D eigenvalue weighted by molar-refractivity contribution is -0.133. The summed E-state index contributed by atoms with van der Waals surface area (Å²) in [5.41, 5.74) is 4.08. The third-order valence-corrected chi connectivity index (χ3v) is 4.32. The van der Waals surface area contributed by atoms with Gasteiger partial charge in [0.15, 0.2) is 0 Å². The van der Waals surface area contributed by atoms with Crippen LogP contribution in [0.2, 0.25) is 5.02 Å². The van der Waals surface area contributed by atoms with E-state index >= 15 is 0 Å². The van der Waals surface area contributed by atoms with Crippen LogP contribution >= 0.6 is 11.6 Å². The van der Waals surface area contributed by atoms with Gasteiger partial charge >= 0.3 is 0 Å². The molecule has 2 unspecified atom stereocenters. The highest BCUT2D eigenvalue weighted by molar-refractivity contribution is 6.33. The Labute approximate surface area is 144 Å². The Hall–Kier alpha value is -2.66. The quantitative estimate of drug-likeness (QED) is 0.509. The van der Waals surface area contributed by atoms with E-state index in [1.54, 1.807) is 12.1 Å². The van der Waals surface area contributed by atoms with Gasteiger partial charge in [0, 0.05) is 23.0 Å². The molecule has 1 heterocycles. The Morgan fingerprint density at radius 2 is 1.88 bits per heavy atom. The van der Waals surface area contributed by atoms with Crippen LogP contribution in [0.5, 0.6) is 0 Å². The summed E-state index contributed by atoms with van der Waals surface area (Å²) >= 11 is 6.02. The third kappa shape index (κ3) is 3.46. The summed E-state index contributed by atoms with van der Waals surface area (Å²) < 4.78 is 0. The van der Waals surface area contributed by atoms with E-state index in [0.717, 1.165) is 5.56 Å². The maximum atomic E-state index is 12.4. The fourth-order valence-electron chi connectivity index (χ4n) is 2.75. The molecule has 0 aromatic heterocycles. The first-order valence-electron chi connectivity index (χ1n) is 7.57. The number of benzene rings is 2. The second-order valence-electron chi connectivity index (χ2n) is 5.50. The van der Waals surface area contributed by atoms with E-state index < -0.39 is 11.8 Å². The van der Waals surface area contributed by atoms with E-state index in [-0.39, 0.29) is 11.8 Å². The van der Waals surface area contributed by atoms with E-state index in [0.29, 0.717) is 17.1 Å². The van der Waals surface area contributed by atoms with Crippen LogP contribution in [0.25, 0.3) is 0 Å². The van der Waals surface area contributed by atoms with E-state index in [1.165, 1.54) is 6.21 Å². The van der Waals surface area contributed by atoms with Gasteiger partial charge in [-0.05, 0) is 11.6 Å². The molecule has 0 spiro atoms. The summed E-state index contributed by atoms with van der Waals surface area (Å²) in [6, 6.07) is 16.7. The summed E-state index contributed by atoms with van der Waals surface area (Å²) in [7, 11) is 0. The zero-order valence-corrected chi connectivity index (χ0v) is 13.5. The molecule has 3 rings (SSSR count). The Kier molecular flexibility index (Phi) is 4.91. The Balaban J connectivity index is 1.71. The Morgan fingerprint density at radius 1 is 1.17 bits per heavy atom. The topological polar surface area (TPSA) is 70.6 Å². The molecular weight excluding hydrogens is 326 g/mol. The van der Waals surface area contributed by atoms with E-state index in [9.17, 15) is 9.59 Å². The number of rotatable bonds is 4. The van der Waals surface area contributed by atoms with Crippen molar-refractivity contribution in [1.29, 1.82) is 0 Å². The molecule has 2 aromatic rings. The number of halogens is 1. The zero-order chi connectivity index (χ0) is 16.9. The normalized spacial score (nSPS) is 20.1. The van der Waals surface area contributed by atoms with Crippen molar-refractivity contribution in [3.63, 3.8) is 0 Å². The largest absolute Gasteiger partial charge is 0.355 e. The van der Waals surface area contributed by atoms with Gasteiger partial charge in [-0.1, -0.05) is 60.1 Å². The minimum atomic E-state index is -0.796. The van der Waals surface area contributed by atoms with Gasteiger partial charge in [-0.2, -0.15) is 5.10 Å². The molecule has 0 bridgehead atoms. The Bertz CT molecular complexity index is 777. The molecule has 6 heteroatoms. The van der Waals surface area contributed by atoms with Crippen molar-refractivity contribution in [1.82, 2.24) is 10.7 Å². The number of hydrogen-bond donors (Lipinski definition) is 2. The molecule has 24 heavy (non-hydrogen) atoms. The number of amides is 2. The van der Waals surface area contributed by atoms with Crippen molar-refractivity contribution in [3.05, 3.63) is 70.7 Å². The lowest BCUT2D eigenvalue weighted by Gasteiger charge is -2.15. The molecule has 1 fully saturated rings. The molecule has 122 valence electrons. The van der Waals surface area contributed by atoms with E-state index in [2.05, 4.69) is 15.8 Å². The average Bonchev–Trinajstić information content (AvgIpc) is 2.99. The molecule has 5 nitrogen and oxygen atoms in total. The molecule has 0 saturated carbocycles. The van der Waals surface area contributed by atoms with Gasteiger partial charge in [0.05, 0.1) is 6.21 Å². The summed E-state index contributed by atoms with van der Waals surface area (Å²) in [5, 5.41) is 7.20. The molecule has 2 N–H and O–H groups in total. The van der Waals surface area contributed by atoms with Crippen LogP contribution in [0, 0.1) is 5.92 Å². The van der Waals surface area contributed by atoms with Gasteiger partial charge in [-0.15, -0.1) is 0 Å². The molecular formula is C18H16ClN3O2. The SMILES string of the molecule is O=C1NCC(c2ccccc2)C1C(=O)NN=Cc1ccccc1Cl. The van der Waals surface area contributed by atoms with Gasteiger partial charge in [0.25, 0.3) is 5.91 Å². The van der Waals surface area contributed by atoms with E-state index in [4.69, 9.17) is 11.6 Å². The lowest BCUT2D eigenvalue weighted by Crippen LogP contribution is -2.34. The molecule has 2 atom stereocenters. The average molecular weight is 342 g/mol. The highest BCUT2D eigenvalue weighted by atomic mass is 35.5. The predicted molar refractivity (Wildman–Crippen MR) is 92.9 cm³/mol. The van der Waals surface area contributed by atoms with Crippen molar-refractivity contribution in [3.8, 4) is 0 Å². The second-order valence-corrected chi connectivity index (χ2v) is 5.90. The van der Waals surface area contributed by atoms with Crippen molar-refractivity contribution < 1.29 is 9.59 Å². The van der Waals surface area contributed by atoms with Crippen LogP contribution < -0.4 is 10.7 Å². The van der Waals surface area contributed by atoms with Gasteiger partial charge < -0.3 is 5.32 Å². The Morgan fingerprint density at radius 3 is 2.62 bits per heavy atom. The molecule has 2 aromatic carbocycles. The van der Waals surface area contributed by atoms with Crippen LogP contribution in [0.1, 0.15) is 17.0 Å². The van der Waals surface area contributed by atoms with Gasteiger partial charge in [0.1, 0.15) is 5.92 Å². The van der Waals surface area contributed by atoms with Crippen molar-refractivity contribution in [2.24, 2.45) is 11.0 Å². The smallest absolute Gasteiger partial charge is 0.253 e. The van der Waals surface area contributed by atoms with Crippen LogP contribution in [-0.2, 0) is 9.59 Å². The maximum absolute atomic E-state index is 12.4. The number of nitrogens with one attached hydrogen (secondary N) is 2. The first-order valence-corrected chi connectivity index (χ1v) is 7.94. The number of hydrazone groups is 1. The van der Waals surface area contributed by atoms with Crippen LogP contribution in [0.4, 0.5) is 0 Å². The standard InChI is InChI=1S/C18H16ClN3O2/c19-15-9-5-4-8-13(15)10-21-22-18(24)16-14(11-20-17(16)23)12-6-2-1-3-7-12/h1-10,14,16H,11H2,(H,20,23)(H,22,24). The number of hydrogen-bond acceptors (Lipinski definition) is 3. The predicted octanol–water partition coefficient (Wildman–Crippen LogP) is 2.32. The first-order chi connectivity index (χ1) is 11.7. The molecule has 2 amide bonds. The van der Waals surface area contributed by atoms with Gasteiger partial charge in [-0.3, -0.25) is 9.59 Å². The molecule has 0 radical (unpaired) electrons. The summed E-state index contributed by atoms with van der Waals surface area (Å²) in [5.74, 6) is -1.71. The first kappa shape index (κ1) is 16.2. The monoisotopic (exact) mass is 341 g/mol. The molecule has 1 aliphatic rings. The van der Waals surface area contributed by atoms with Crippen LogP contribution in [-0.4, -0.2) is 24.6 Å².